The molecule has 0 aliphatic heterocycles. The molecule has 5 rings (SSSR count). The van der Waals surface area contributed by atoms with Gasteiger partial charge in [0.15, 0.2) is 0 Å². The summed E-state index contributed by atoms with van der Waals surface area (Å²) >= 11 is 0. The van der Waals surface area contributed by atoms with E-state index in [-0.39, 0.29) is 5.69 Å². The fraction of sp³-hybridized carbons (Fsp3) is 0.0909. The van der Waals surface area contributed by atoms with Crippen molar-refractivity contribution in [1.82, 2.24) is 24.1 Å². The Bertz CT molecular complexity index is 1470. The van der Waals surface area contributed by atoms with Crippen LogP contribution in [0, 0.1) is 0 Å². The van der Waals surface area contributed by atoms with Gasteiger partial charge in [-0.2, -0.15) is 0 Å². The van der Waals surface area contributed by atoms with E-state index >= 15 is 0 Å². The SMILES string of the molecule is COc1ncccc1-n1c(=O)n(C)c2cnc3ccc(-c4ccc(N)nc4)cc3c21. The van der Waals surface area contributed by atoms with Crippen LogP contribution in [0.4, 0.5) is 5.82 Å². The normalized spacial score (nSPS) is 11.3. The monoisotopic (exact) mass is 398 g/mol. The Morgan fingerprint density at radius 3 is 2.60 bits per heavy atom. The molecule has 30 heavy (non-hydrogen) atoms. The van der Waals surface area contributed by atoms with E-state index in [0.717, 1.165) is 27.5 Å². The summed E-state index contributed by atoms with van der Waals surface area (Å²) in [6, 6.07) is 13.2. The Morgan fingerprint density at radius 1 is 1.00 bits per heavy atom. The molecule has 5 aromatic rings. The second kappa shape index (κ2) is 6.70. The molecule has 0 radical (unpaired) electrons. The first-order valence-corrected chi connectivity index (χ1v) is 9.30. The van der Waals surface area contributed by atoms with Crippen molar-refractivity contribution in [1.29, 1.82) is 0 Å². The highest BCUT2D eigenvalue weighted by Crippen LogP contribution is 2.31. The van der Waals surface area contributed by atoms with Crippen molar-refractivity contribution < 1.29 is 4.74 Å². The molecule has 0 unspecified atom stereocenters. The second-order valence-corrected chi connectivity index (χ2v) is 6.90. The minimum Gasteiger partial charge on any atom is -0.479 e. The zero-order valence-electron chi connectivity index (χ0n) is 16.4. The topological polar surface area (TPSA) is 101 Å². The molecule has 0 amide bonds. The number of aryl methyl sites for hydroxylation is 1. The second-order valence-electron chi connectivity index (χ2n) is 6.90. The molecule has 8 nitrogen and oxygen atoms in total. The van der Waals surface area contributed by atoms with Gasteiger partial charge in [-0.25, -0.2) is 14.8 Å². The van der Waals surface area contributed by atoms with Crippen LogP contribution < -0.4 is 16.2 Å². The molecule has 0 bridgehead atoms. The third-order valence-electron chi connectivity index (χ3n) is 5.19. The van der Waals surface area contributed by atoms with Gasteiger partial charge in [0.05, 0.1) is 29.9 Å². The quantitative estimate of drug-likeness (QED) is 0.501. The van der Waals surface area contributed by atoms with Gasteiger partial charge in [-0.15, -0.1) is 0 Å². The van der Waals surface area contributed by atoms with E-state index in [1.165, 1.54) is 7.11 Å². The number of rotatable bonds is 3. The van der Waals surface area contributed by atoms with Gasteiger partial charge in [-0.3, -0.25) is 14.1 Å². The average molecular weight is 398 g/mol. The molecule has 0 atom stereocenters. The molecule has 0 aliphatic rings. The molecule has 1 aromatic carbocycles. The van der Waals surface area contributed by atoms with Gasteiger partial charge < -0.3 is 10.5 Å². The zero-order valence-corrected chi connectivity index (χ0v) is 16.4. The maximum absolute atomic E-state index is 13.2. The van der Waals surface area contributed by atoms with Crippen molar-refractivity contribution in [3.8, 4) is 22.7 Å². The van der Waals surface area contributed by atoms with E-state index < -0.39 is 0 Å². The van der Waals surface area contributed by atoms with Crippen molar-refractivity contribution in [3.63, 3.8) is 0 Å². The Kier molecular flexibility index (Phi) is 3.99. The summed E-state index contributed by atoms with van der Waals surface area (Å²) in [6.07, 6.45) is 5.07. The van der Waals surface area contributed by atoms with Crippen LogP contribution in [-0.4, -0.2) is 31.2 Å². The predicted molar refractivity (Wildman–Crippen MR) is 116 cm³/mol. The Balaban J connectivity index is 1.89. The maximum atomic E-state index is 13.2. The van der Waals surface area contributed by atoms with Crippen LogP contribution in [0.2, 0.25) is 0 Å². The molecule has 148 valence electrons. The first-order chi connectivity index (χ1) is 14.6. The first kappa shape index (κ1) is 17.9. The number of nitrogens with zero attached hydrogens (tertiary/aromatic N) is 5. The van der Waals surface area contributed by atoms with Gasteiger partial charge in [-0.1, -0.05) is 6.07 Å². The van der Waals surface area contributed by atoms with E-state index in [2.05, 4.69) is 15.0 Å². The number of hydrogen-bond acceptors (Lipinski definition) is 6. The van der Waals surface area contributed by atoms with Gasteiger partial charge in [0.1, 0.15) is 11.5 Å². The predicted octanol–water partition coefficient (Wildman–Crippen LogP) is 2.93. The number of pyridine rings is 3. The highest BCUT2D eigenvalue weighted by Gasteiger charge is 2.19. The van der Waals surface area contributed by atoms with E-state index in [1.807, 2.05) is 30.3 Å². The summed E-state index contributed by atoms with van der Waals surface area (Å²) < 4.78 is 8.61. The standard InChI is InChI=1S/C22H18N6O2/c1-27-18-12-25-16-7-5-13(14-6-8-19(23)26-11-14)10-15(16)20(18)28(22(27)29)17-4-3-9-24-21(17)30-2/h3-12H,1-2H3,(H2,23,26). The molecular formula is C22H18N6O2. The van der Waals surface area contributed by atoms with Crippen LogP contribution in [0.5, 0.6) is 5.88 Å². The number of anilines is 1. The van der Waals surface area contributed by atoms with Gasteiger partial charge in [0, 0.05) is 30.4 Å². The van der Waals surface area contributed by atoms with Crippen molar-refractivity contribution >= 4 is 27.8 Å². The molecule has 2 N–H and O–H groups in total. The van der Waals surface area contributed by atoms with Gasteiger partial charge in [-0.05, 0) is 42.0 Å². The van der Waals surface area contributed by atoms with Gasteiger partial charge in [0.25, 0.3) is 0 Å². The number of aromatic nitrogens is 5. The zero-order chi connectivity index (χ0) is 20.8. The molecule has 0 fully saturated rings. The lowest BCUT2D eigenvalue weighted by molar-refractivity contribution is 0.396. The van der Waals surface area contributed by atoms with Gasteiger partial charge >= 0.3 is 5.69 Å². The van der Waals surface area contributed by atoms with E-state index in [1.54, 1.807) is 46.9 Å². The number of imidazole rings is 1. The van der Waals surface area contributed by atoms with Crippen LogP contribution >= 0.6 is 0 Å². The van der Waals surface area contributed by atoms with Crippen LogP contribution in [0.25, 0.3) is 38.8 Å². The third-order valence-corrected chi connectivity index (χ3v) is 5.19. The molecule has 4 aromatic heterocycles. The van der Waals surface area contributed by atoms with Crippen LogP contribution in [-0.2, 0) is 7.05 Å². The van der Waals surface area contributed by atoms with Crippen LogP contribution in [0.3, 0.4) is 0 Å². The summed E-state index contributed by atoms with van der Waals surface area (Å²) in [4.78, 5) is 26.2. The fourth-order valence-corrected chi connectivity index (χ4v) is 3.69. The summed E-state index contributed by atoms with van der Waals surface area (Å²) in [7, 11) is 3.26. The number of fused-ring (bicyclic) bond motifs is 3. The van der Waals surface area contributed by atoms with E-state index in [0.29, 0.717) is 22.9 Å². The number of ether oxygens (including phenoxy) is 1. The molecule has 0 spiro atoms. The lowest BCUT2D eigenvalue weighted by atomic mass is 10.0. The average Bonchev–Trinajstić information content (AvgIpc) is 3.04. The van der Waals surface area contributed by atoms with Crippen molar-refractivity contribution in [2.75, 3.05) is 12.8 Å². The summed E-state index contributed by atoms with van der Waals surface area (Å²) in [5.74, 6) is 0.833. The lowest BCUT2D eigenvalue weighted by Gasteiger charge is -2.10. The third kappa shape index (κ3) is 2.61. The van der Waals surface area contributed by atoms with E-state index in [9.17, 15) is 4.79 Å². The van der Waals surface area contributed by atoms with Gasteiger partial charge in [0.2, 0.25) is 5.88 Å². The van der Waals surface area contributed by atoms with Crippen LogP contribution in [0.15, 0.2) is 65.8 Å². The Labute approximate surface area is 171 Å². The molecule has 0 saturated heterocycles. The molecule has 8 heteroatoms. The highest BCUT2D eigenvalue weighted by molar-refractivity contribution is 6.04. The Hall–Kier alpha value is -4.20. The largest absolute Gasteiger partial charge is 0.479 e. The summed E-state index contributed by atoms with van der Waals surface area (Å²) in [6.45, 7) is 0. The molecule has 4 heterocycles. The Morgan fingerprint density at radius 2 is 1.83 bits per heavy atom. The van der Waals surface area contributed by atoms with Crippen LogP contribution in [0.1, 0.15) is 0 Å². The molecular weight excluding hydrogens is 380 g/mol. The van der Waals surface area contributed by atoms with E-state index in [4.69, 9.17) is 10.5 Å². The molecule has 0 aliphatic carbocycles. The maximum Gasteiger partial charge on any atom is 0.333 e. The summed E-state index contributed by atoms with van der Waals surface area (Å²) in [5.41, 5.74) is 10.2. The number of nitrogens with two attached hydrogens (primary N) is 1. The number of methoxy groups -OCH3 is 1. The highest BCUT2D eigenvalue weighted by atomic mass is 16.5. The smallest absolute Gasteiger partial charge is 0.333 e. The first-order valence-electron chi connectivity index (χ1n) is 9.30. The molecule has 0 saturated carbocycles. The van der Waals surface area contributed by atoms with Crippen molar-refractivity contribution in [3.05, 3.63) is 71.5 Å². The van der Waals surface area contributed by atoms with Crippen molar-refractivity contribution in [2.45, 2.75) is 0 Å². The fourth-order valence-electron chi connectivity index (χ4n) is 3.69. The lowest BCUT2D eigenvalue weighted by Crippen LogP contribution is -2.21. The minimum atomic E-state index is -0.204. The number of hydrogen-bond donors (Lipinski definition) is 1. The number of nitrogen functional groups attached to an aromatic ring is 1. The van der Waals surface area contributed by atoms with Crippen molar-refractivity contribution in [2.24, 2.45) is 7.05 Å². The summed E-state index contributed by atoms with van der Waals surface area (Å²) in [5, 5.41) is 0.838. The number of benzene rings is 1. The minimum absolute atomic E-state index is 0.204.